The summed E-state index contributed by atoms with van der Waals surface area (Å²) in [5, 5.41) is 0. The fraction of sp³-hybridized carbons (Fsp3) is 0.316. The topological polar surface area (TPSA) is 94.2 Å². The number of methoxy groups -OCH3 is 1. The summed E-state index contributed by atoms with van der Waals surface area (Å²) in [7, 11) is -2.46. The Morgan fingerprint density at radius 2 is 1.86 bits per heavy atom. The van der Waals surface area contributed by atoms with Crippen molar-refractivity contribution in [2.75, 3.05) is 31.6 Å². The second-order valence-corrected chi connectivity index (χ2v) is 8.22. The molecular formula is C19H20N2O6S. The van der Waals surface area contributed by atoms with Gasteiger partial charge in [0.1, 0.15) is 13.2 Å². The van der Waals surface area contributed by atoms with Gasteiger partial charge >= 0.3 is 6.09 Å². The summed E-state index contributed by atoms with van der Waals surface area (Å²) in [4.78, 5) is 13.4. The molecule has 2 aromatic rings. The molecule has 0 aromatic heterocycles. The number of nitrogens with zero attached hydrogens (tertiary/aromatic N) is 1. The zero-order valence-electron chi connectivity index (χ0n) is 15.3. The smallest absolute Gasteiger partial charge is 0.409 e. The van der Waals surface area contributed by atoms with E-state index >= 15 is 0 Å². The third kappa shape index (κ3) is 3.57. The maximum atomic E-state index is 12.8. The number of fused-ring (bicyclic) bond motifs is 2. The first-order valence-corrected chi connectivity index (χ1v) is 10.3. The summed E-state index contributed by atoms with van der Waals surface area (Å²) >= 11 is 0. The van der Waals surface area contributed by atoms with E-state index in [-0.39, 0.29) is 4.90 Å². The number of anilines is 1. The molecule has 1 N–H and O–H groups in total. The minimum Gasteiger partial charge on any atom is -0.486 e. The Hall–Kier alpha value is -2.94. The van der Waals surface area contributed by atoms with Crippen LogP contribution in [0.1, 0.15) is 11.1 Å². The Balaban J connectivity index is 1.56. The van der Waals surface area contributed by atoms with E-state index in [2.05, 4.69) is 4.72 Å². The maximum absolute atomic E-state index is 12.8. The van der Waals surface area contributed by atoms with Gasteiger partial charge in [-0.15, -0.1) is 0 Å². The third-order valence-electron chi connectivity index (χ3n) is 4.73. The van der Waals surface area contributed by atoms with Gasteiger partial charge in [-0.1, -0.05) is 6.07 Å². The van der Waals surface area contributed by atoms with Gasteiger partial charge in [0, 0.05) is 24.8 Å². The van der Waals surface area contributed by atoms with Gasteiger partial charge in [-0.3, -0.25) is 4.72 Å². The van der Waals surface area contributed by atoms with Crippen molar-refractivity contribution in [1.82, 2.24) is 4.90 Å². The lowest BCUT2D eigenvalue weighted by Gasteiger charge is -2.28. The minimum atomic E-state index is -3.80. The van der Waals surface area contributed by atoms with Crippen molar-refractivity contribution >= 4 is 21.8 Å². The van der Waals surface area contributed by atoms with Crippen LogP contribution in [-0.4, -0.2) is 46.3 Å². The normalized spacial score (nSPS) is 15.5. The number of amides is 1. The summed E-state index contributed by atoms with van der Waals surface area (Å²) in [6, 6.07) is 9.87. The van der Waals surface area contributed by atoms with Crippen LogP contribution >= 0.6 is 0 Å². The zero-order chi connectivity index (χ0) is 19.7. The summed E-state index contributed by atoms with van der Waals surface area (Å²) in [6.45, 7) is 1.77. The number of benzene rings is 2. The zero-order valence-corrected chi connectivity index (χ0v) is 16.1. The standard InChI is InChI=1S/C19H20N2O6S/c1-25-19(22)21-7-6-13-2-3-15(10-14(13)12-21)20-28(23,24)16-4-5-17-18(11-16)27-9-8-26-17/h2-5,10-11,20H,6-9,12H2,1H3. The summed E-state index contributed by atoms with van der Waals surface area (Å²) < 4.78 is 43.8. The molecular weight excluding hydrogens is 384 g/mol. The fourth-order valence-corrected chi connectivity index (χ4v) is 4.37. The number of ether oxygens (including phenoxy) is 3. The lowest BCUT2D eigenvalue weighted by molar-refractivity contribution is 0.118. The average Bonchev–Trinajstić information content (AvgIpc) is 2.72. The molecule has 0 bridgehead atoms. The lowest BCUT2D eigenvalue weighted by Crippen LogP contribution is -2.35. The highest BCUT2D eigenvalue weighted by atomic mass is 32.2. The van der Waals surface area contributed by atoms with Crippen LogP contribution in [-0.2, 0) is 27.7 Å². The predicted octanol–water partition coefficient (Wildman–Crippen LogP) is 2.38. The van der Waals surface area contributed by atoms with Gasteiger partial charge in [0.15, 0.2) is 11.5 Å². The molecule has 8 nitrogen and oxygen atoms in total. The minimum absolute atomic E-state index is 0.0886. The first-order chi connectivity index (χ1) is 13.5. The number of carbonyl (C=O) groups is 1. The highest BCUT2D eigenvalue weighted by molar-refractivity contribution is 7.92. The van der Waals surface area contributed by atoms with E-state index in [1.165, 1.54) is 19.2 Å². The molecule has 0 saturated carbocycles. The molecule has 4 rings (SSSR count). The van der Waals surface area contributed by atoms with Crippen LogP contribution in [0.15, 0.2) is 41.3 Å². The Morgan fingerprint density at radius 3 is 2.64 bits per heavy atom. The van der Waals surface area contributed by atoms with Gasteiger partial charge in [-0.05, 0) is 41.8 Å². The lowest BCUT2D eigenvalue weighted by atomic mass is 9.99. The third-order valence-corrected chi connectivity index (χ3v) is 6.11. The molecule has 0 saturated heterocycles. The Kier molecular flexibility index (Phi) is 4.76. The Labute approximate surface area is 163 Å². The molecule has 0 unspecified atom stereocenters. The Morgan fingerprint density at radius 1 is 1.07 bits per heavy atom. The van der Waals surface area contributed by atoms with Gasteiger partial charge in [0.25, 0.3) is 10.0 Å². The van der Waals surface area contributed by atoms with Crippen molar-refractivity contribution in [2.24, 2.45) is 0 Å². The van der Waals surface area contributed by atoms with Crippen molar-refractivity contribution in [3.8, 4) is 11.5 Å². The molecule has 0 spiro atoms. The number of carbonyl (C=O) groups excluding carboxylic acids is 1. The molecule has 1 amide bonds. The van der Waals surface area contributed by atoms with Gasteiger partial charge < -0.3 is 19.1 Å². The van der Waals surface area contributed by atoms with E-state index in [1.807, 2.05) is 6.07 Å². The Bertz CT molecular complexity index is 1020. The monoisotopic (exact) mass is 404 g/mol. The molecule has 2 aliphatic heterocycles. The molecule has 0 fully saturated rings. The summed E-state index contributed by atoms with van der Waals surface area (Å²) in [5.74, 6) is 0.940. The van der Waals surface area contributed by atoms with Gasteiger partial charge in [-0.25, -0.2) is 13.2 Å². The van der Waals surface area contributed by atoms with E-state index in [0.29, 0.717) is 49.9 Å². The summed E-state index contributed by atoms with van der Waals surface area (Å²) in [5.41, 5.74) is 2.40. The van der Waals surface area contributed by atoms with Crippen molar-refractivity contribution in [1.29, 1.82) is 0 Å². The fourth-order valence-electron chi connectivity index (χ4n) is 3.31. The molecule has 2 aliphatic rings. The van der Waals surface area contributed by atoms with E-state index in [9.17, 15) is 13.2 Å². The van der Waals surface area contributed by atoms with Crippen molar-refractivity contribution in [2.45, 2.75) is 17.9 Å². The van der Waals surface area contributed by atoms with Crippen molar-refractivity contribution in [3.05, 3.63) is 47.5 Å². The first kappa shape index (κ1) is 18.4. The van der Waals surface area contributed by atoms with Crippen molar-refractivity contribution < 1.29 is 27.4 Å². The highest BCUT2D eigenvalue weighted by Crippen LogP contribution is 2.33. The van der Waals surface area contributed by atoms with Gasteiger partial charge in [0.2, 0.25) is 0 Å². The second-order valence-electron chi connectivity index (χ2n) is 6.54. The van der Waals surface area contributed by atoms with Crippen LogP contribution in [0.2, 0.25) is 0 Å². The molecule has 148 valence electrons. The number of nitrogens with one attached hydrogen (secondary N) is 1. The number of hydrogen-bond acceptors (Lipinski definition) is 6. The quantitative estimate of drug-likeness (QED) is 0.844. The van der Waals surface area contributed by atoms with Crippen LogP contribution in [0.5, 0.6) is 11.5 Å². The molecule has 0 aliphatic carbocycles. The number of hydrogen-bond donors (Lipinski definition) is 1. The van der Waals surface area contributed by atoms with E-state index in [0.717, 1.165) is 11.1 Å². The van der Waals surface area contributed by atoms with Crippen LogP contribution in [0.25, 0.3) is 0 Å². The number of sulfonamides is 1. The molecule has 28 heavy (non-hydrogen) atoms. The maximum Gasteiger partial charge on any atom is 0.409 e. The summed E-state index contributed by atoms with van der Waals surface area (Å²) in [6.07, 6.45) is 0.299. The molecule has 0 radical (unpaired) electrons. The van der Waals surface area contributed by atoms with Crippen LogP contribution in [0.4, 0.5) is 10.5 Å². The molecule has 0 atom stereocenters. The SMILES string of the molecule is COC(=O)N1CCc2ccc(NS(=O)(=O)c3ccc4c(c3)OCCO4)cc2C1. The van der Waals surface area contributed by atoms with Gasteiger partial charge in [0.05, 0.1) is 12.0 Å². The van der Waals surface area contributed by atoms with E-state index in [1.54, 1.807) is 23.1 Å². The van der Waals surface area contributed by atoms with E-state index in [4.69, 9.17) is 14.2 Å². The van der Waals surface area contributed by atoms with Crippen molar-refractivity contribution in [3.63, 3.8) is 0 Å². The van der Waals surface area contributed by atoms with E-state index < -0.39 is 16.1 Å². The molecule has 2 aromatic carbocycles. The molecule has 2 heterocycles. The number of rotatable bonds is 3. The van der Waals surface area contributed by atoms with Gasteiger partial charge in [-0.2, -0.15) is 0 Å². The molecule has 9 heteroatoms. The van der Waals surface area contributed by atoms with Crippen LogP contribution in [0.3, 0.4) is 0 Å². The van der Waals surface area contributed by atoms with Crippen LogP contribution in [0, 0.1) is 0 Å². The highest BCUT2D eigenvalue weighted by Gasteiger charge is 2.23. The largest absolute Gasteiger partial charge is 0.486 e. The first-order valence-electron chi connectivity index (χ1n) is 8.83. The average molecular weight is 404 g/mol. The predicted molar refractivity (Wildman–Crippen MR) is 101 cm³/mol. The second kappa shape index (κ2) is 7.23. The van der Waals surface area contributed by atoms with Crippen LogP contribution < -0.4 is 14.2 Å².